The number of ether oxygens (including phenoxy) is 2. The van der Waals surface area contributed by atoms with Crippen molar-refractivity contribution in [3.63, 3.8) is 0 Å². The number of nitrogens with zero attached hydrogens (tertiary/aromatic N) is 3. The summed E-state index contributed by atoms with van der Waals surface area (Å²) in [6.07, 6.45) is 1.76. The molecule has 0 atom stereocenters. The number of fused-ring (bicyclic) bond motifs is 1. The Morgan fingerprint density at radius 2 is 1.76 bits per heavy atom. The zero-order valence-corrected chi connectivity index (χ0v) is 16.5. The molecule has 0 unspecified atom stereocenters. The summed E-state index contributed by atoms with van der Waals surface area (Å²) >= 11 is 5.87. The molecule has 0 radical (unpaired) electrons. The van der Waals surface area contributed by atoms with Gasteiger partial charge in [-0.05, 0) is 48.5 Å². The summed E-state index contributed by atoms with van der Waals surface area (Å²) in [5.74, 6) is 0.927. The third kappa shape index (κ3) is 3.86. The molecule has 1 N–H and O–H groups in total. The standard InChI is InChI=1S/C21H17ClN4O3/c1-28-18-8-3-13(11-19(18)29-2)16-9-10-26-20(24-16)12-17(25-26)21(27)23-15-6-4-14(22)5-7-15/h3-12H,1-2H3,(H,23,27). The first-order chi connectivity index (χ1) is 14.1. The van der Waals surface area contributed by atoms with E-state index in [9.17, 15) is 4.79 Å². The molecular weight excluding hydrogens is 392 g/mol. The van der Waals surface area contributed by atoms with Crippen LogP contribution in [0.2, 0.25) is 5.02 Å². The largest absolute Gasteiger partial charge is 0.493 e. The van der Waals surface area contributed by atoms with E-state index in [1.165, 1.54) is 0 Å². The van der Waals surface area contributed by atoms with Crippen molar-refractivity contribution in [2.75, 3.05) is 19.5 Å². The third-order valence-electron chi connectivity index (χ3n) is 4.34. The monoisotopic (exact) mass is 408 g/mol. The highest BCUT2D eigenvalue weighted by Crippen LogP contribution is 2.31. The van der Waals surface area contributed by atoms with Crippen molar-refractivity contribution in [3.05, 3.63) is 71.5 Å². The van der Waals surface area contributed by atoms with Crippen molar-refractivity contribution in [3.8, 4) is 22.8 Å². The molecule has 29 heavy (non-hydrogen) atoms. The van der Waals surface area contributed by atoms with Gasteiger partial charge in [0, 0.05) is 28.5 Å². The lowest BCUT2D eigenvalue weighted by molar-refractivity contribution is 0.102. The minimum atomic E-state index is -0.328. The summed E-state index contributed by atoms with van der Waals surface area (Å²) in [6.45, 7) is 0. The molecule has 7 nitrogen and oxygen atoms in total. The molecule has 0 spiro atoms. The van der Waals surface area contributed by atoms with Crippen molar-refractivity contribution in [2.45, 2.75) is 0 Å². The van der Waals surface area contributed by atoms with Gasteiger partial charge in [-0.25, -0.2) is 9.50 Å². The third-order valence-corrected chi connectivity index (χ3v) is 4.59. The number of rotatable bonds is 5. The Kier molecular flexibility index (Phi) is 5.05. The van der Waals surface area contributed by atoms with Gasteiger partial charge < -0.3 is 14.8 Å². The Hall–Kier alpha value is -3.58. The molecule has 0 bridgehead atoms. The number of carbonyl (C=O) groups is 1. The number of carbonyl (C=O) groups excluding carboxylic acids is 1. The topological polar surface area (TPSA) is 77.8 Å². The number of aromatic nitrogens is 3. The number of nitrogens with one attached hydrogen (secondary N) is 1. The minimum absolute atomic E-state index is 0.261. The Morgan fingerprint density at radius 1 is 1.00 bits per heavy atom. The smallest absolute Gasteiger partial charge is 0.276 e. The highest BCUT2D eigenvalue weighted by molar-refractivity contribution is 6.30. The van der Waals surface area contributed by atoms with Gasteiger partial charge in [0.05, 0.1) is 19.9 Å². The molecule has 2 aromatic heterocycles. The first-order valence-corrected chi connectivity index (χ1v) is 9.11. The van der Waals surface area contributed by atoms with Crippen LogP contribution in [-0.4, -0.2) is 34.7 Å². The first kappa shape index (κ1) is 18.8. The van der Waals surface area contributed by atoms with Gasteiger partial charge in [-0.3, -0.25) is 4.79 Å². The minimum Gasteiger partial charge on any atom is -0.493 e. The quantitative estimate of drug-likeness (QED) is 0.532. The van der Waals surface area contributed by atoms with Gasteiger partial charge in [-0.15, -0.1) is 0 Å². The second kappa shape index (κ2) is 7.81. The molecule has 0 saturated heterocycles. The van der Waals surface area contributed by atoms with Crippen molar-refractivity contribution in [1.29, 1.82) is 0 Å². The van der Waals surface area contributed by atoms with Gasteiger partial charge >= 0.3 is 0 Å². The number of hydrogen-bond donors (Lipinski definition) is 1. The highest BCUT2D eigenvalue weighted by Gasteiger charge is 2.13. The molecule has 1 amide bonds. The molecule has 4 aromatic rings. The summed E-state index contributed by atoms with van der Waals surface area (Å²) in [5.41, 5.74) is 3.03. The Labute approximate surface area is 171 Å². The molecule has 0 fully saturated rings. The maximum absolute atomic E-state index is 12.5. The summed E-state index contributed by atoms with van der Waals surface area (Å²) < 4.78 is 12.2. The predicted octanol–water partition coefficient (Wildman–Crippen LogP) is 4.32. The second-order valence-electron chi connectivity index (χ2n) is 6.18. The Bertz CT molecular complexity index is 1190. The fourth-order valence-electron chi connectivity index (χ4n) is 2.88. The van der Waals surface area contributed by atoms with Gasteiger partial charge in [-0.1, -0.05) is 11.6 Å². The normalized spacial score (nSPS) is 10.7. The molecule has 2 aromatic carbocycles. The van der Waals surface area contributed by atoms with E-state index in [0.717, 1.165) is 11.3 Å². The number of amides is 1. The van der Waals surface area contributed by atoms with E-state index in [0.29, 0.717) is 27.9 Å². The molecule has 0 aliphatic rings. The van der Waals surface area contributed by atoms with Crippen LogP contribution in [0.5, 0.6) is 11.5 Å². The summed E-state index contributed by atoms with van der Waals surface area (Å²) in [7, 11) is 3.17. The van der Waals surface area contributed by atoms with Crippen LogP contribution >= 0.6 is 11.6 Å². The van der Waals surface area contributed by atoms with E-state index in [-0.39, 0.29) is 11.6 Å². The molecule has 4 rings (SSSR count). The average Bonchev–Trinajstić information content (AvgIpc) is 3.18. The van der Waals surface area contributed by atoms with E-state index >= 15 is 0 Å². The average molecular weight is 409 g/mol. The van der Waals surface area contributed by atoms with Gasteiger partial charge in [-0.2, -0.15) is 5.10 Å². The number of methoxy groups -OCH3 is 2. The van der Waals surface area contributed by atoms with Crippen LogP contribution < -0.4 is 14.8 Å². The number of halogens is 1. The summed E-state index contributed by atoms with van der Waals surface area (Å²) in [5, 5.41) is 7.68. The number of benzene rings is 2. The molecule has 8 heteroatoms. The summed E-state index contributed by atoms with van der Waals surface area (Å²) in [6, 6.07) is 15.9. The van der Waals surface area contributed by atoms with E-state index < -0.39 is 0 Å². The van der Waals surface area contributed by atoms with E-state index in [4.69, 9.17) is 21.1 Å². The SMILES string of the molecule is COc1ccc(-c2ccn3nc(C(=O)Nc4ccc(Cl)cc4)cc3n2)cc1OC. The van der Waals surface area contributed by atoms with Gasteiger partial charge in [0.25, 0.3) is 5.91 Å². The van der Waals surface area contributed by atoms with Crippen LogP contribution in [0.3, 0.4) is 0 Å². The van der Waals surface area contributed by atoms with Crippen molar-refractivity contribution >= 4 is 28.8 Å². The molecule has 0 aliphatic heterocycles. The number of hydrogen-bond acceptors (Lipinski definition) is 5. The fraction of sp³-hybridized carbons (Fsp3) is 0.0952. The molecule has 0 aliphatic carbocycles. The van der Waals surface area contributed by atoms with Crippen LogP contribution in [0.25, 0.3) is 16.9 Å². The second-order valence-corrected chi connectivity index (χ2v) is 6.61. The molecular formula is C21H17ClN4O3. The van der Waals surface area contributed by atoms with E-state index in [1.54, 1.807) is 55.3 Å². The Morgan fingerprint density at radius 3 is 2.48 bits per heavy atom. The zero-order valence-electron chi connectivity index (χ0n) is 15.7. The fourth-order valence-corrected chi connectivity index (χ4v) is 3.00. The molecule has 2 heterocycles. The first-order valence-electron chi connectivity index (χ1n) is 8.73. The molecule has 0 saturated carbocycles. The van der Waals surface area contributed by atoms with Crippen LogP contribution in [0.15, 0.2) is 60.8 Å². The maximum Gasteiger partial charge on any atom is 0.276 e. The lowest BCUT2D eigenvalue weighted by Crippen LogP contribution is -2.12. The van der Waals surface area contributed by atoms with Gasteiger partial charge in [0.2, 0.25) is 0 Å². The Balaban J connectivity index is 1.62. The van der Waals surface area contributed by atoms with Crippen LogP contribution in [0.4, 0.5) is 5.69 Å². The van der Waals surface area contributed by atoms with Crippen LogP contribution in [0, 0.1) is 0 Å². The van der Waals surface area contributed by atoms with Crippen molar-refractivity contribution in [1.82, 2.24) is 14.6 Å². The zero-order chi connectivity index (χ0) is 20.4. The van der Waals surface area contributed by atoms with Crippen molar-refractivity contribution < 1.29 is 14.3 Å². The van der Waals surface area contributed by atoms with E-state index in [1.807, 2.05) is 24.3 Å². The lowest BCUT2D eigenvalue weighted by atomic mass is 10.1. The molecule has 146 valence electrons. The van der Waals surface area contributed by atoms with Gasteiger partial charge in [0.15, 0.2) is 22.8 Å². The van der Waals surface area contributed by atoms with Crippen molar-refractivity contribution in [2.24, 2.45) is 0 Å². The maximum atomic E-state index is 12.5. The van der Waals surface area contributed by atoms with Gasteiger partial charge in [0.1, 0.15) is 0 Å². The number of anilines is 1. The van der Waals surface area contributed by atoms with Crippen LogP contribution in [0.1, 0.15) is 10.5 Å². The van der Waals surface area contributed by atoms with E-state index in [2.05, 4.69) is 15.4 Å². The van der Waals surface area contributed by atoms with Crippen LogP contribution in [-0.2, 0) is 0 Å². The highest BCUT2D eigenvalue weighted by atomic mass is 35.5. The summed E-state index contributed by atoms with van der Waals surface area (Å²) in [4.78, 5) is 17.1. The predicted molar refractivity (Wildman–Crippen MR) is 111 cm³/mol. The lowest BCUT2D eigenvalue weighted by Gasteiger charge is -2.09.